The molecular weight excluding hydrogens is 486 g/mol. The third-order valence-corrected chi connectivity index (χ3v) is 7.78. The molecule has 2 aliphatic rings. The standard InChI is InChI=1S/C23H31F4N5O2S/c1-31-13-16(21(24)30-31)12-20(33)28-17-4-2-15(3-5-17)6-9-32-10-7-18-19(8-11-32)35-22(29-18)34-14-23(25,26)27/h13,15,17H,2-12,14H2,1H3,(H,28,33). The number of aromatic nitrogens is 3. The van der Waals surface area contributed by atoms with Gasteiger partial charge in [-0.05, 0) is 51.0 Å². The van der Waals surface area contributed by atoms with Gasteiger partial charge in [0.25, 0.3) is 5.19 Å². The van der Waals surface area contributed by atoms with Crippen LogP contribution in [0.2, 0.25) is 0 Å². The summed E-state index contributed by atoms with van der Waals surface area (Å²) in [7, 11) is 1.63. The highest BCUT2D eigenvalue weighted by Crippen LogP contribution is 2.31. The van der Waals surface area contributed by atoms with Crippen molar-refractivity contribution in [2.75, 3.05) is 26.2 Å². The maximum atomic E-state index is 13.6. The van der Waals surface area contributed by atoms with Gasteiger partial charge in [0.05, 0.1) is 12.1 Å². The molecule has 1 fully saturated rings. The molecule has 35 heavy (non-hydrogen) atoms. The van der Waals surface area contributed by atoms with Crippen molar-refractivity contribution in [1.29, 1.82) is 0 Å². The number of carbonyl (C=O) groups excluding carboxylic acids is 1. The minimum absolute atomic E-state index is 0.00481. The van der Waals surface area contributed by atoms with Gasteiger partial charge in [-0.1, -0.05) is 11.3 Å². The van der Waals surface area contributed by atoms with Gasteiger partial charge >= 0.3 is 6.18 Å². The summed E-state index contributed by atoms with van der Waals surface area (Å²) in [4.78, 5) is 20.0. The highest BCUT2D eigenvalue weighted by molar-refractivity contribution is 7.13. The fourth-order valence-electron chi connectivity index (χ4n) is 4.86. The number of ether oxygens (including phenoxy) is 1. The van der Waals surface area contributed by atoms with E-state index in [0.29, 0.717) is 11.5 Å². The fourth-order valence-corrected chi connectivity index (χ4v) is 5.80. The van der Waals surface area contributed by atoms with Crippen molar-refractivity contribution in [3.8, 4) is 5.19 Å². The smallest absolute Gasteiger partial charge is 0.422 e. The molecule has 4 rings (SSSR count). The molecule has 0 bridgehead atoms. The molecule has 1 saturated carbocycles. The van der Waals surface area contributed by atoms with Crippen molar-refractivity contribution in [2.24, 2.45) is 13.0 Å². The maximum Gasteiger partial charge on any atom is 0.422 e. The van der Waals surface area contributed by atoms with E-state index in [-0.39, 0.29) is 23.6 Å². The molecule has 0 unspecified atom stereocenters. The van der Waals surface area contributed by atoms with Gasteiger partial charge in [0.1, 0.15) is 0 Å². The molecule has 1 aliphatic heterocycles. The molecular formula is C23H31F4N5O2S. The Bertz CT molecular complexity index is 975. The molecule has 12 heteroatoms. The van der Waals surface area contributed by atoms with Crippen LogP contribution in [0.25, 0.3) is 0 Å². The van der Waals surface area contributed by atoms with Crippen LogP contribution in [0.1, 0.15) is 48.2 Å². The van der Waals surface area contributed by atoms with Crippen molar-refractivity contribution < 1.29 is 27.1 Å². The molecule has 1 N–H and O–H groups in total. The molecule has 7 nitrogen and oxygen atoms in total. The monoisotopic (exact) mass is 517 g/mol. The van der Waals surface area contributed by atoms with Crippen molar-refractivity contribution in [3.63, 3.8) is 0 Å². The number of thiazole rings is 1. The molecule has 0 radical (unpaired) electrons. The zero-order valence-electron chi connectivity index (χ0n) is 19.7. The second kappa shape index (κ2) is 11.2. The number of nitrogens with zero attached hydrogens (tertiary/aromatic N) is 4. The van der Waals surface area contributed by atoms with Crippen molar-refractivity contribution in [2.45, 2.75) is 63.6 Å². The van der Waals surface area contributed by atoms with Gasteiger partial charge in [-0.25, -0.2) is 4.98 Å². The van der Waals surface area contributed by atoms with Gasteiger partial charge < -0.3 is 15.0 Å². The molecule has 0 aromatic carbocycles. The molecule has 0 saturated heterocycles. The number of rotatable bonds is 8. The zero-order chi connectivity index (χ0) is 25.0. The second-order valence-corrected chi connectivity index (χ2v) is 10.5. The molecule has 1 aliphatic carbocycles. The zero-order valence-corrected chi connectivity index (χ0v) is 20.6. The summed E-state index contributed by atoms with van der Waals surface area (Å²) in [6, 6.07) is 0.132. The van der Waals surface area contributed by atoms with Gasteiger partial charge in [-0.15, -0.1) is 5.10 Å². The molecule has 2 aromatic heterocycles. The lowest BCUT2D eigenvalue weighted by molar-refractivity contribution is -0.153. The third-order valence-electron chi connectivity index (χ3n) is 6.71. The van der Waals surface area contributed by atoms with E-state index in [1.54, 1.807) is 7.05 Å². The predicted octanol–water partition coefficient (Wildman–Crippen LogP) is 3.67. The average Bonchev–Trinajstić information content (AvgIpc) is 3.27. The summed E-state index contributed by atoms with van der Waals surface area (Å²) >= 11 is 1.22. The van der Waals surface area contributed by atoms with Crippen molar-refractivity contribution >= 4 is 17.2 Å². The summed E-state index contributed by atoms with van der Waals surface area (Å²) < 4.78 is 56.9. The number of hydrogen-bond donors (Lipinski definition) is 1. The van der Waals surface area contributed by atoms with Gasteiger partial charge in [0.2, 0.25) is 11.9 Å². The van der Waals surface area contributed by atoms with Gasteiger partial charge in [0, 0.05) is 49.2 Å². The van der Waals surface area contributed by atoms with E-state index in [1.165, 1.54) is 22.2 Å². The lowest BCUT2D eigenvalue weighted by Gasteiger charge is -2.30. The highest BCUT2D eigenvalue weighted by Gasteiger charge is 2.30. The molecule has 3 heterocycles. The van der Waals surface area contributed by atoms with E-state index in [9.17, 15) is 22.4 Å². The minimum Gasteiger partial charge on any atom is -0.460 e. The van der Waals surface area contributed by atoms with Crippen LogP contribution in [-0.2, 0) is 31.1 Å². The van der Waals surface area contributed by atoms with E-state index < -0.39 is 18.7 Å². The van der Waals surface area contributed by atoms with E-state index in [2.05, 4.69) is 20.3 Å². The SMILES string of the molecule is Cn1cc(CC(=O)NC2CCC(CCN3CCc4nc(OCC(F)(F)F)sc4CC3)CC2)c(F)n1. The Labute approximate surface area is 205 Å². The molecule has 194 valence electrons. The number of halogens is 4. The molecule has 0 atom stereocenters. The van der Waals surface area contributed by atoms with Gasteiger partial charge in [-0.3, -0.25) is 9.48 Å². The number of aryl methyl sites for hydroxylation is 1. The lowest BCUT2D eigenvalue weighted by Crippen LogP contribution is -2.39. The van der Waals surface area contributed by atoms with Crippen LogP contribution in [0, 0.1) is 11.9 Å². The number of amides is 1. The molecule has 0 spiro atoms. The van der Waals surface area contributed by atoms with Gasteiger partial charge in [0.15, 0.2) is 6.61 Å². The Morgan fingerprint density at radius 1 is 1.23 bits per heavy atom. The Hall–Kier alpha value is -2.21. The van der Waals surface area contributed by atoms with Crippen LogP contribution in [0.5, 0.6) is 5.19 Å². The summed E-state index contributed by atoms with van der Waals surface area (Å²) in [6.45, 7) is 1.38. The summed E-state index contributed by atoms with van der Waals surface area (Å²) in [5, 5.41) is 6.78. The summed E-state index contributed by atoms with van der Waals surface area (Å²) in [6.07, 6.45) is 3.71. The Kier molecular flexibility index (Phi) is 8.31. The summed E-state index contributed by atoms with van der Waals surface area (Å²) in [5.74, 6) is -0.157. The first-order valence-corrected chi connectivity index (χ1v) is 12.8. The number of nitrogens with one attached hydrogen (secondary N) is 1. The predicted molar refractivity (Wildman–Crippen MR) is 123 cm³/mol. The van der Waals surface area contributed by atoms with Crippen LogP contribution in [-0.4, -0.2) is 64.0 Å². The van der Waals surface area contributed by atoms with Gasteiger partial charge in [-0.2, -0.15) is 17.6 Å². The quantitative estimate of drug-likeness (QED) is 0.541. The second-order valence-electron chi connectivity index (χ2n) is 9.46. The first-order valence-electron chi connectivity index (χ1n) is 12.0. The maximum absolute atomic E-state index is 13.6. The Balaban J connectivity index is 1.14. The van der Waals surface area contributed by atoms with Crippen LogP contribution >= 0.6 is 11.3 Å². The number of hydrogen-bond acceptors (Lipinski definition) is 6. The third kappa shape index (κ3) is 7.63. The lowest BCUT2D eigenvalue weighted by atomic mass is 9.84. The van der Waals surface area contributed by atoms with E-state index >= 15 is 0 Å². The van der Waals surface area contributed by atoms with E-state index in [0.717, 1.165) is 75.2 Å². The Morgan fingerprint density at radius 3 is 2.66 bits per heavy atom. The fraction of sp³-hybridized carbons (Fsp3) is 0.696. The summed E-state index contributed by atoms with van der Waals surface area (Å²) in [5.41, 5.74) is 1.17. The molecule has 2 aromatic rings. The first kappa shape index (κ1) is 25.9. The van der Waals surface area contributed by atoms with Crippen LogP contribution in [0.3, 0.4) is 0 Å². The van der Waals surface area contributed by atoms with Crippen LogP contribution in [0.4, 0.5) is 17.6 Å². The number of fused-ring (bicyclic) bond motifs is 1. The normalized spacial score (nSPS) is 21.4. The van der Waals surface area contributed by atoms with Crippen molar-refractivity contribution in [3.05, 3.63) is 28.3 Å². The minimum atomic E-state index is -4.36. The highest BCUT2D eigenvalue weighted by atomic mass is 32.1. The number of carbonyl (C=O) groups is 1. The van der Waals surface area contributed by atoms with E-state index in [4.69, 9.17) is 4.74 Å². The van der Waals surface area contributed by atoms with Crippen LogP contribution < -0.4 is 10.1 Å². The van der Waals surface area contributed by atoms with Crippen LogP contribution in [0.15, 0.2) is 6.20 Å². The first-order chi connectivity index (χ1) is 16.6. The van der Waals surface area contributed by atoms with E-state index in [1.807, 2.05) is 0 Å². The van der Waals surface area contributed by atoms with Crippen molar-refractivity contribution in [1.82, 2.24) is 25.0 Å². The largest absolute Gasteiger partial charge is 0.460 e. The topological polar surface area (TPSA) is 72.3 Å². The number of alkyl halides is 3. The Morgan fingerprint density at radius 2 is 1.97 bits per heavy atom. The molecule has 1 amide bonds. The average molecular weight is 518 g/mol.